The van der Waals surface area contributed by atoms with Gasteiger partial charge in [-0.05, 0) is 43.7 Å². The van der Waals surface area contributed by atoms with Crippen molar-refractivity contribution >= 4 is 16.7 Å². The molecule has 100 valence electrons. The van der Waals surface area contributed by atoms with E-state index in [0.717, 1.165) is 22.6 Å². The number of hydrogen-bond acceptors (Lipinski definition) is 3. The highest BCUT2D eigenvalue weighted by molar-refractivity contribution is 5.88. The first-order chi connectivity index (χ1) is 9.36. The van der Waals surface area contributed by atoms with Crippen LogP contribution in [0.4, 0.5) is 5.82 Å². The fraction of sp³-hybridized carbons (Fsp3) is 0.500. The van der Waals surface area contributed by atoms with E-state index in [9.17, 15) is 0 Å². The van der Waals surface area contributed by atoms with Crippen molar-refractivity contribution in [3.8, 4) is 0 Å². The van der Waals surface area contributed by atoms with Crippen molar-refractivity contribution in [1.82, 2.24) is 9.97 Å². The molecule has 1 N–H and O–H groups in total. The van der Waals surface area contributed by atoms with Crippen molar-refractivity contribution < 1.29 is 0 Å². The van der Waals surface area contributed by atoms with E-state index < -0.39 is 0 Å². The number of benzene rings is 1. The number of anilines is 1. The van der Waals surface area contributed by atoms with Gasteiger partial charge in [-0.1, -0.05) is 25.5 Å². The molecule has 0 atom stereocenters. The zero-order valence-corrected chi connectivity index (χ0v) is 11.5. The Bertz CT molecular complexity index is 539. The summed E-state index contributed by atoms with van der Waals surface area (Å²) in [7, 11) is 0. The lowest BCUT2D eigenvalue weighted by molar-refractivity contribution is 0.330. The van der Waals surface area contributed by atoms with Crippen LogP contribution in [0.1, 0.15) is 39.0 Å². The van der Waals surface area contributed by atoms with E-state index in [0.29, 0.717) is 6.04 Å². The Hall–Kier alpha value is -1.64. The van der Waals surface area contributed by atoms with Crippen LogP contribution < -0.4 is 5.32 Å². The number of para-hydroxylation sites is 1. The summed E-state index contributed by atoms with van der Waals surface area (Å²) in [5, 5.41) is 4.74. The van der Waals surface area contributed by atoms with Crippen LogP contribution in [0.15, 0.2) is 30.6 Å². The van der Waals surface area contributed by atoms with Gasteiger partial charge in [-0.2, -0.15) is 0 Å². The third-order valence-corrected chi connectivity index (χ3v) is 4.31. The van der Waals surface area contributed by atoms with E-state index in [-0.39, 0.29) is 0 Å². The Morgan fingerprint density at radius 3 is 2.68 bits per heavy atom. The number of nitrogens with zero attached hydrogens (tertiary/aromatic N) is 2. The molecule has 1 aliphatic rings. The zero-order valence-electron chi connectivity index (χ0n) is 11.5. The Labute approximate surface area is 114 Å². The van der Waals surface area contributed by atoms with Crippen molar-refractivity contribution in [2.45, 2.75) is 45.1 Å². The summed E-state index contributed by atoms with van der Waals surface area (Å²) in [6.07, 6.45) is 8.19. The van der Waals surface area contributed by atoms with Crippen molar-refractivity contribution in [2.24, 2.45) is 5.92 Å². The maximum absolute atomic E-state index is 4.42. The van der Waals surface area contributed by atoms with E-state index in [1.54, 1.807) is 6.33 Å². The van der Waals surface area contributed by atoms with E-state index in [1.165, 1.54) is 32.1 Å². The molecule has 1 fully saturated rings. The number of hydrogen-bond donors (Lipinski definition) is 1. The number of rotatable bonds is 3. The van der Waals surface area contributed by atoms with Gasteiger partial charge in [0.2, 0.25) is 0 Å². The van der Waals surface area contributed by atoms with Gasteiger partial charge in [0.1, 0.15) is 12.1 Å². The van der Waals surface area contributed by atoms with Crippen LogP contribution >= 0.6 is 0 Å². The topological polar surface area (TPSA) is 37.8 Å². The average Bonchev–Trinajstić information content (AvgIpc) is 2.48. The second kappa shape index (κ2) is 5.55. The van der Waals surface area contributed by atoms with Crippen LogP contribution in [0, 0.1) is 5.92 Å². The van der Waals surface area contributed by atoms with Gasteiger partial charge in [-0.15, -0.1) is 0 Å². The summed E-state index contributed by atoms with van der Waals surface area (Å²) in [5.74, 6) is 1.92. The summed E-state index contributed by atoms with van der Waals surface area (Å²) in [6.45, 7) is 2.30. The second-order valence-corrected chi connectivity index (χ2v) is 5.51. The van der Waals surface area contributed by atoms with Gasteiger partial charge in [0, 0.05) is 11.4 Å². The first kappa shape index (κ1) is 12.4. The molecule has 1 heterocycles. The predicted molar refractivity (Wildman–Crippen MR) is 79.2 cm³/mol. The molecule has 2 aromatic rings. The second-order valence-electron chi connectivity index (χ2n) is 5.51. The molecular formula is C16H21N3. The molecule has 0 radical (unpaired) electrons. The fourth-order valence-corrected chi connectivity index (χ4v) is 3.03. The molecule has 1 aliphatic carbocycles. The Kier molecular flexibility index (Phi) is 3.62. The number of fused-ring (bicyclic) bond motifs is 1. The summed E-state index contributed by atoms with van der Waals surface area (Å²) in [6, 6.07) is 8.77. The van der Waals surface area contributed by atoms with Crippen molar-refractivity contribution in [3.05, 3.63) is 30.6 Å². The molecule has 1 saturated carbocycles. The van der Waals surface area contributed by atoms with Gasteiger partial charge in [0.15, 0.2) is 0 Å². The molecular weight excluding hydrogens is 234 g/mol. The third kappa shape index (κ3) is 2.70. The standard InChI is InChI=1S/C16H21N3/c1-2-12-7-9-13(10-8-12)19-16-14-5-3-4-6-15(14)17-11-18-16/h3-6,11-13H,2,7-10H2,1H3,(H,17,18,19). The van der Waals surface area contributed by atoms with Gasteiger partial charge >= 0.3 is 0 Å². The van der Waals surface area contributed by atoms with Gasteiger partial charge < -0.3 is 5.32 Å². The summed E-state index contributed by atoms with van der Waals surface area (Å²) >= 11 is 0. The van der Waals surface area contributed by atoms with Gasteiger partial charge in [-0.25, -0.2) is 9.97 Å². The van der Waals surface area contributed by atoms with E-state index in [4.69, 9.17) is 0 Å². The van der Waals surface area contributed by atoms with Crippen LogP contribution in [0.5, 0.6) is 0 Å². The maximum atomic E-state index is 4.42. The van der Waals surface area contributed by atoms with Gasteiger partial charge in [0.05, 0.1) is 5.52 Å². The van der Waals surface area contributed by atoms with E-state index >= 15 is 0 Å². The maximum Gasteiger partial charge on any atom is 0.137 e. The SMILES string of the molecule is CCC1CCC(Nc2ncnc3ccccc23)CC1. The molecule has 19 heavy (non-hydrogen) atoms. The molecule has 1 aromatic heterocycles. The molecule has 3 rings (SSSR count). The summed E-state index contributed by atoms with van der Waals surface area (Å²) in [5.41, 5.74) is 1.02. The van der Waals surface area contributed by atoms with Crippen molar-refractivity contribution in [3.63, 3.8) is 0 Å². The molecule has 0 bridgehead atoms. The highest BCUT2D eigenvalue weighted by Gasteiger charge is 2.20. The lowest BCUT2D eigenvalue weighted by atomic mass is 9.84. The third-order valence-electron chi connectivity index (χ3n) is 4.31. The Morgan fingerprint density at radius 2 is 1.89 bits per heavy atom. The molecule has 3 heteroatoms. The van der Waals surface area contributed by atoms with Crippen molar-refractivity contribution in [2.75, 3.05) is 5.32 Å². The lowest BCUT2D eigenvalue weighted by Crippen LogP contribution is -2.26. The van der Waals surface area contributed by atoms with Crippen molar-refractivity contribution in [1.29, 1.82) is 0 Å². The highest BCUT2D eigenvalue weighted by Crippen LogP contribution is 2.29. The van der Waals surface area contributed by atoms with Crippen LogP contribution in [-0.2, 0) is 0 Å². The normalized spacial score (nSPS) is 23.4. The minimum Gasteiger partial charge on any atom is -0.367 e. The molecule has 1 aromatic carbocycles. The smallest absolute Gasteiger partial charge is 0.137 e. The summed E-state index contributed by atoms with van der Waals surface area (Å²) < 4.78 is 0. The summed E-state index contributed by atoms with van der Waals surface area (Å²) in [4.78, 5) is 8.73. The van der Waals surface area contributed by atoms with Crippen LogP contribution in [0.3, 0.4) is 0 Å². The van der Waals surface area contributed by atoms with E-state index in [2.05, 4.69) is 28.3 Å². The predicted octanol–water partition coefficient (Wildman–Crippen LogP) is 4.01. The van der Waals surface area contributed by atoms with E-state index in [1.807, 2.05) is 18.2 Å². The lowest BCUT2D eigenvalue weighted by Gasteiger charge is -2.29. The Balaban J connectivity index is 1.75. The first-order valence-corrected chi connectivity index (χ1v) is 7.33. The number of nitrogens with one attached hydrogen (secondary N) is 1. The zero-order chi connectivity index (χ0) is 13.1. The monoisotopic (exact) mass is 255 g/mol. The fourth-order valence-electron chi connectivity index (χ4n) is 3.03. The van der Waals surface area contributed by atoms with Crippen LogP contribution in [0.25, 0.3) is 10.9 Å². The largest absolute Gasteiger partial charge is 0.367 e. The van der Waals surface area contributed by atoms with Gasteiger partial charge in [-0.3, -0.25) is 0 Å². The average molecular weight is 255 g/mol. The molecule has 0 aliphatic heterocycles. The molecule has 0 unspecified atom stereocenters. The molecule has 0 spiro atoms. The highest BCUT2D eigenvalue weighted by atomic mass is 15.0. The van der Waals surface area contributed by atoms with Crippen LogP contribution in [0.2, 0.25) is 0 Å². The molecule has 0 amide bonds. The van der Waals surface area contributed by atoms with Gasteiger partial charge in [0.25, 0.3) is 0 Å². The number of aromatic nitrogens is 2. The quantitative estimate of drug-likeness (QED) is 0.900. The van der Waals surface area contributed by atoms with Crippen LogP contribution in [-0.4, -0.2) is 16.0 Å². The minimum atomic E-state index is 0.570. The minimum absolute atomic E-state index is 0.570. The molecule has 3 nitrogen and oxygen atoms in total. The molecule has 0 saturated heterocycles. The Morgan fingerprint density at radius 1 is 1.11 bits per heavy atom. The first-order valence-electron chi connectivity index (χ1n) is 7.33.